The molecule has 1 aliphatic carbocycles. The third-order valence-electron chi connectivity index (χ3n) is 14.7. The molecule has 10 aromatic carbocycles. The number of benzene rings is 10. The molecular weight excluding hydrogens is 837 g/mol. The lowest BCUT2D eigenvalue weighted by Crippen LogP contribution is -2.14. The van der Waals surface area contributed by atoms with Gasteiger partial charge in [0, 0.05) is 55.0 Å². The molecule has 0 saturated heterocycles. The van der Waals surface area contributed by atoms with E-state index in [9.17, 15) is 0 Å². The topological polar surface area (TPSA) is 35.6 Å². The summed E-state index contributed by atoms with van der Waals surface area (Å²) >= 11 is 0. The molecule has 0 fully saturated rings. The Morgan fingerprint density at radius 1 is 0.333 bits per heavy atom. The second-order valence-corrected chi connectivity index (χ2v) is 18.9. The SMILES string of the molecule is CC1(C)c2cc3ccccc3cc2-c2c(-c3ccccc3-c3cc(-c4cc(-n5c6ccccc6c6ccccc65)cc(-n5c6ccccc6c6ccccc65)c4)nc(-c4ccccc4)n3)cccc21. The first-order valence-corrected chi connectivity index (χ1v) is 23.8. The Balaban J connectivity index is 1.04. The maximum absolute atomic E-state index is 5.50. The van der Waals surface area contributed by atoms with Gasteiger partial charge in [0.05, 0.1) is 33.5 Å². The molecule has 0 bridgehead atoms. The van der Waals surface area contributed by atoms with Crippen LogP contribution in [0.2, 0.25) is 0 Å². The Morgan fingerprint density at radius 3 is 1.41 bits per heavy atom. The number of hydrogen-bond donors (Lipinski definition) is 0. The largest absolute Gasteiger partial charge is 0.309 e. The molecule has 0 saturated carbocycles. The summed E-state index contributed by atoms with van der Waals surface area (Å²) in [4.78, 5) is 11.0. The van der Waals surface area contributed by atoms with E-state index in [1.165, 1.54) is 60.1 Å². The van der Waals surface area contributed by atoms with Gasteiger partial charge in [-0.1, -0.05) is 184 Å². The molecule has 69 heavy (non-hydrogen) atoms. The van der Waals surface area contributed by atoms with Crippen molar-refractivity contribution >= 4 is 54.4 Å². The van der Waals surface area contributed by atoms with E-state index < -0.39 is 0 Å². The third-order valence-corrected chi connectivity index (χ3v) is 14.7. The number of aromatic nitrogens is 4. The molecule has 0 aliphatic heterocycles. The van der Waals surface area contributed by atoms with Crippen molar-refractivity contribution in [2.24, 2.45) is 0 Å². The van der Waals surface area contributed by atoms with Gasteiger partial charge in [0.15, 0.2) is 5.82 Å². The van der Waals surface area contributed by atoms with Crippen LogP contribution in [-0.4, -0.2) is 19.1 Å². The van der Waals surface area contributed by atoms with Gasteiger partial charge < -0.3 is 9.13 Å². The Labute approximate surface area is 400 Å². The normalized spacial score (nSPS) is 12.9. The molecule has 1 aliphatic rings. The highest BCUT2D eigenvalue weighted by atomic mass is 15.0. The summed E-state index contributed by atoms with van der Waals surface area (Å²) in [5, 5.41) is 7.39. The van der Waals surface area contributed by atoms with E-state index in [2.05, 4.69) is 254 Å². The van der Waals surface area contributed by atoms with Crippen LogP contribution in [0.15, 0.2) is 231 Å². The first kappa shape index (κ1) is 39.3. The standard InChI is InChI=1S/C65H44N4/c1-65(2)55-30-18-29-53(63(55)54-37-42-21-6-7-22-43(42)38-56(54)65)47-23-8-9-24-48(47)58-40-57(66-64(67-58)41-19-4-3-5-20-41)44-35-45(68-59-31-14-10-25-49(59)50-26-11-15-32-60(50)68)39-46(36-44)69-61-33-16-12-27-51(61)52-28-13-17-34-62(52)69/h3-40H,1-2H3. The minimum atomic E-state index is -0.169. The Hall–Kier alpha value is -8.86. The molecule has 0 radical (unpaired) electrons. The molecule has 4 heteroatoms. The van der Waals surface area contributed by atoms with E-state index in [1.807, 2.05) is 0 Å². The number of rotatable bonds is 6. The molecule has 13 aromatic rings. The van der Waals surface area contributed by atoms with Gasteiger partial charge in [-0.25, -0.2) is 9.97 Å². The predicted octanol–water partition coefficient (Wildman–Crippen LogP) is 16.8. The monoisotopic (exact) mass is 880 g/mol. The van der Waals surface area contributed by atoms with Gasteiger partial charge in [-0.2, -0.15) is 0 Å². The van der Waals surface area contributed by atoms with E-state index in [1.54, 1.807) is 0 Å². The first-order chi connectivity index (χ1) is 34.0. The number of para-hydroxylation sites is 4. The zero-order valence-electron chi connectivity index (χ0n) is 38.2. The van der Waals surface area contributed by atoms with Crippen molar-refractivity contribution in [1.29, 1.82) is 0 Å². The summed E-state index contributed by atoms with van der Waals surface area (Å²) in [6, 6.07) is 83.7. The van der Waals surface area contributed by atoms with Gasteiger partial charge in [-0.05, 0) is 105 Å². The zero-order valence-corrected chi connectivity index (χ0v) is 38.2. The minimum Gasteiger partial charge on any atom is -0.309 e. The number of fused-ring (bicyclic) bond motifs is 10. The second kappa shape index (κ2) is 15.1. The molecule has 0 N–H and O–H groups in total. The predicted molar refractivity (Wildman–Crippen MR) is 288 cm³/mol. The molecule has 14 rings (SSSR count). The lowest BCUT2D eigenvalue weighted by molar-refractivity contribution is 0.661. The first-order valence-electron chi connectivity index (χ1n) is 23.8. The summed E-state index contributed by atoms with van der Waals surface area (Å²) in [5.41, 5.74) is 18.9. The van der Waals surface area contributed by atoms with Gasteiger partial charge >= 0.3 is 0 Å². The van der Waals surface area contributed by atoms with Crippen LogP contribution in [0.4, 0.5) is 0 Å². The molecule has 0 amide bonds. The van der Waals surface area contributed by atoms with E-state index in [0.717, 1.165) is 67.1 Å². The Kier molecular flexibility index (Phi) is 8.59. The Morgan fingerprint density at radius 2 is 0.812 bits per heavy atom. The van der Waals surface area contributed by atoms with Crippen LogP contribution >= 0.6 is 0 Å². The van der Waals surface area contributed by atoms with Gasteiger partial charge in [0.2, 0.25) is 0 Å². The van der Waals surface area contributed by atoms with Crippen molar-refractivity contribution in [1.82, 2.24) is 19.1 Å². The van der Waals surface area contributed by atoms with Crippen molar-refractivity contribution in [3.63, 3.8) is 0 Å². The molecule has 0 unspecified atom stereocenters. The van der Waals surface area contributed by atoms with Crippen LogP contribution < -0.4 is 0 Å². The van der Waals surface area contributed by atoms with Crippen LogP contribution in [0, 0.1) is 0 Å². The molecular formula is C65H44N4. The summed E-state index contributed by atoms with van der Waals surface area (Å²) < 4.78 is 4.83. The summed E-state index contributed by atoms with van der Waals surface area (Å²) in [7, 11) is 0. The van der Waals surface area contributed by atoms with Gasteiger partial charge in [-0.3, -0.25) is 0 Å². The molecule has 3 heterocycles. The van der Waals surface area contributed by atoms with Gasteiger partial charge in [0.1, 0.15) is 0 Å². The maximum atomic E-state index is 5.50. The zero-order chi connectivity index (χ0) is 45.8. The van der Waals surface area contributed by atoms with Crippen LogP contribution in [-0.2, 0) is 5.41 Å². The van der Waals surface area contributed by atoms with Crippen LogP contribution in [0.25, 0.3) is 122 Å². The summed E-state index contributed by atoms with van der Waals surface area (Å²) in [5.74, 6) is 0.676. The average molecular weight is 881 g/mol. The maximum Gasteiger partial charge on any atom is 0.160 e. The van der Waals surface area contributed by atoms with Crippen molar-refractivity contribution in [3.8, 4) is 67.5 Å². The average Bonchev–Trinajstić information content (AvgIpc) is 4.01. The van der Waals surface area contributed by atoms with Gasteiger partial charge in [0.25, 0.3) is 0 Å². The minimum absolute atomic E-state index is 0.169. The highest BCUT2D eigenvalue weighted by molar-refractivity contribution is 6.11. The lowest BCUT2D eigenvalue weighted by atomic mass is 9.81. The van der Waals surface area contributed by atoms with Crippen LogP contribution in [0.1, 0.15) is 25.0 Å². The quantitative estimate of drug-likeness (QED) is 0.167. The summed E-state index contributed by atoms with van der Waals surface area (Å²) in [6.07, 6.45) is 0. The number of nitrogens with zero attached hydrogens (tertiary/aromatic N) is 4. The molecule has 324 valence electrons. The van der Waals surface area contributed by atoms with Crippen LogP contribution in [0.5, 0.6) is 0 Å². The van der Waals surface area contributed by atoms with Crippen molar-refractivity contribution in [2.75, 3.05) is 0 Å². The fourth-order valence-corrected chi connectivity index (χ4v) is 11.5. The molecule has 3 aromatic heterocycles. The highest BCUT2D eigenvalue weighted by Crippen LogP contribution is 2.54. The summed E-state index contributed by atoms with van der Waals surface area (Å²) in [6.45, 7) is 4.73. The molecule has 0 spiro atoms. The van der Waals surface area contributed by atoms with Crippen LogP contribution in [0.3, 0.4) is 0 Å². The van der Waals surface area contributed by atoms with E-state index in [-0.39, 0.29) is 5.41 Å². The van der Waals surface area contributed by atoms with Crippen molar-refractivity contribution in [3.05, 3.63) is 242 Å². The number of hydrogen-bond acceptors (Lipinski definition) is 2. The van der Waals surface area contributed by atoms with Crippen molar-refractivity contribution < 1.29 is 0 Å². The Bertz CT molecular complexity index is 3990. The fraction of sp³-hybridized carbons (Fsp3) is 0.0462. The molecule has 4 nitrogen and oxygen atoms in total. The van der Waals surface area contributed by atoms with Gasteiger partial charge in [-0.15, -0.1) is 0 Å². The molecule has 0 atom stereocenters. The van der Waals surface area contributed by atoms with E-state index >= 15 is 0 Å². The smallest absolute Gasteiger partial charge is 0.160 e. The lowest BCUT2D eigenvalue weighted by Gasteiger charge is -2.22. The fourth-order valence-electron chi connectivity index (χ4n) is 11.5. The second-order valence-electron chi connectivity index (χ2n) is 18.9. The third kappa shape index (κ3) is 6.02. The van der Waals surface area contributed by atoms with E-state index in [4.69, 9.17) is 9.97 Å². The van der Waals surface area contributed by atoms with Crippen molar-refractivity contribution in [2.45, 2.75) is 19.3 Å². The van der Waals surface area contributed by atoms with E-state index in [0.29, 0.717) is 5.82 Å². The highest BCUT2D eigenvalue weighted by Gasteiger charge is 2.37.